The molecule has 1 aliphatic carbocycles. The second-order valence-corrected chi connectivity index (χ2v) is 4.78. The van der Waals surface area contributed by atoms with Crippen molar-refractivity contribution in [1.82, 2.24) is 0 Å². The molecule has 3 rings (SSSR count). The van der Waals surface area contributed by atoms with Crippen molar-refractivity contribution >= 4 is 23.2 Å². The van der Waals surface area contributed by atoms with Gasteiger partial charge in [-0.1, -0.05) is 30.3 Å². The highest BCUT2D eigenvalue weighted by Gasteiger charge is 2.20. The summed E-state index contributed by atoms with van der Waals surface area (Å²) in [4.78, 5) is 11.4. The zero-order valence-electron chi connectivity index (χ0n) is 10.1. The molecule has 1 N–H and O–H groups in total. The number of fused-ring (bicyclic) bond motifs is 3. The molecule has 4 heteroatoms. The number of hydroxylamine groups is 1. The summed E-state index contributed by atoms with van der Waals surface area (Å²) in [6.45, 7) is 0. The fraction of sp³-hybridized carbons (Fsp3) is 0.133. The highest BCUT2D eigenvalue weighted by molar-refractivity contribution is 6.29. The molecule has 1 aliphatic rings. The lowest BCUT2D eigenvalue weighted by Gasteiger charge is -2.14. The SMILES string of the molecule is O=C(CCl)N(O)c1ccc2c(c1)Cc1ccccc1-2. The van der Waals surface area contributed by atoms with Crippen molar-refractivity contribution in [2.75, 3.05) is 10.9 Å². The number of carbonyl (C=O) groups excluding carboxylic acids is 1. The van der Waals surface area contributed by atoms with Crippen molar-refractivity contribution in [3.05, 3.63) is 53.6 Å². The third-order valence-electron chi connectivity index (χ3n) is 3.37. The number of benzene rings is 2. The normalized spacial score (nSPS) is 11.9. The van der Waals surface area contributed by atoms with Gasteiger partial charge in [-0.05, 0) is 40.8 Å². The van der Waals surface area contributed by atoms with Crippen LogP contribution < -0.4 is 5.06 Å². The Kier molecular flexibility index (Phi) is 3.01. The lowest BCUT2D eigenvalue weighted by molar-refractivity contribution is -0.121. The molecular weight excluding hydrogens is 262 g/mol. The molecule has 2 aromatic carbocycles. The van der Waals surface area contributed by atoms with Crippen LogP contribution >= 0.6 is 11.6 Å². The molecule has 0 aromatic heterocycles. The fourth-order valence-electron chi connectivity index (χ4n) is 2.46. The molecule has 0 radical (unpaired) electrons. The maximum atomic E-state index is 11.4. The zero-order chi connectivity index (χ0) is 13.4. The second-order valence-electron chi connectivity index (χ2n) is 4.51. The van der Waals surface area contributed by atoms with E-state index >= 15 is 0 Å². The number of hydrogen-bond donors (Lipinski definition) is 1. The topological polar surface area (TPSA) is 40.5 Å². The van der Waals surface area contributed by atoms with E-state index in [1.165, 1.54) is 11.1 Å². The number of hydrogen-bond acceptors (Lipinski definition) is 2. The number of nitrogens with zero attached hydrogens (tertiary/aromatic N) is 1. The minimum absolute atomic E-state index is 0.242. The predicted molar refractivity (Wildman–Crippen MR) is 74.7 cm³/mol. The van der Waals surface area contributed by atoms with E-state index in [1.54, 1.807) is 6.07 Å². The van der Waals surface area contributed by atoms with Crippen LogP contribution in [0.4, 0.5) is 5.69 Å². The Morgan fingerprint density at radius 3 is 2.68 bits per heavy atom. The van der Waals surface area contributed by atoms with E-state index in [9.17, 15) is 10.0 Å². The van der Waals surface area contributed by atoms with Gasteiger partial charge in [0.25, 0.3) is 5.91 Å². The first-order valence-electron chi connectivity index (χ1n) is 5.99. The first-order valence-corrected chi connectivity index (χ1v) is 6.53. The molecule has 0 aliphatic heterocycles. The van der Waals surface area contributed by atoms with Crippen LogP contribution in [0.2, 0.25) is 0 Å². The first kappa shape index (κ1) is 12.2. The van der Waals surface area contributed by atoms with Crippen LogP contribution in [0.15, 0.2) is 42.5 Å². The average Bonchev–Trinajstić information content (AvgIpc) is 2.83. The van der Waals surface area contributed by atoms with Gasteiger partial charge in [-0.25, -0.2) is 0 Å². The molecule has 0 saturated carbocycles. The minimum Gasteiger partial charge on any atom is -0.281 e. The summed E-state index contributed by atoms with van der Waals surface area (Å²) in [7, 11) is 0. The molecule has 0 saturated heterocycles. The van der Waals surface area contributed by atoms with Gasteiger partial charge in [0.1, 0.15) is 5.88 Å². The van der Waals surface area contributed by atoms with E-state index in [0.29, 0.717) is 10.8 Å². The first-order chi connectivity index (χ1) is 9.20. The molecule has 19 heavy (non-hydrogen) atoms. The number of anilines is 1. The molecular formula is C15H12ClNO2. The molecule has 0 heterocycles. The van der Waals surface area contributed by atoms with Gasteiger partial charge < -0.3 is 0 Å². The predicted octanol–water partition coefficient (Wildman–Crippen LogP) is 3.22. The van der Waals surface area contributed by atoms with E-state index in [2.05, 4.69) is 12.1 Å². The zero-order valence-corrected chi connectivity index (χ0v) is 10.9. The third-order valence-corrected chi connectivity index (χ3v) is 3.60. The quantitative estimate of drug-likeness (QED) is 0.442. The summed E-state index contributed by atoms with van der Waals surface area (Å²) in [5, 5.41) is 10.3. The Bertz CT molecular complexity index is 654. The molecule has 0 spiro atoms. The van der Waals surface area contributed by atoms with Crippen LogP contribution in [-0.4, -0.2) is 17.0 Å². The van der Waals surface area contributed by atoms with Gasteiger partial charge in [0.05, 0.1) is 5.69 Å². The van der Waals surface area contributed by atoms with E-state index in [0.717, 1.165) is 17.5 Å². The van der Waals surface area contributed by atoms with Gasteiger partial charge in [0.2, 0.25) is 0 Å². The number of halogens is 1. The van der Waals surface area contributed by atoms with Crippen molar-refractivity contribution in [3.63, 3.8) is 0 Å². The van der Waals surface area contributed by atoms with E-state index in [1.807, 2.05) is 24.3 Å². The van der Waals surface area contributed by atoms with Crippen molar-refractivity contribution in [2.24, 2.45) is 0 Å². The summed E-state index contributed by atoms with van der Waals surface area (Å²) in [6.07, 6.45) is 0.822. The fourth-order valence-corrected chi connectivity index (χ4v) is 2.58. The monoisotopic (exact) mass is 273 g/mol. The van der Waals surface area contributed by atoms with Gasteiger partial charge >= 0.3 is 0 Å². The molecule has 0 atom stereocenters. The number of rotatable bonds is 2. The molecule has 1 amide bonds. The average molecular weight is 274 g/mol. The summed E-state index contributed by atoms with van der Waals surface area (Å²) in [6, 6.07) is 13.7. The van der Waals surface area contributed by atoms with Crippen molar-refractivity contribution in [1.29, 1.82) is 0 Å². The molecule has 0 fully saturated rings. The van der Waals surface area contributed by atoms with Crippen LogP contribution in [0.3, 0.4) is 0 Å². The summed E-state index contributed by atoms with van der Waals surface area (Å²) in [5.41, 5.74) is 5.21. The third kappa shape index (κ3) is 2.01. The second kappa shape index (κ2) is 4.68. The lowest BCUT2D eigenvalue weighted by atomic mass is 10.1. The maximum Gasteiger partial charge on any atom is 0.265 e. The van der Waals surface area contributed by atoms with Crippen LogP contribution in [0, 0.1) is 0 Å². The van der Waals surface area contributed by atoms with Gasteiger partial charge in [0, 0.05) is 0 Å². The van der Waals surface area contributed by atoms with Crippen LogP contribution in [0.1, 0.15) is 11.1 Å². The van der Waals surface area contributed by atoms with Gasteiger partial charge in [-0.2, -0.15) is 5.06 Å². The lowest BCUT2D eigenvalue weighted by Crippen LogP contribution is -2.27. The van der Waals surface area contributed by atoms with E-state index in [4.69, 9.17) is 11.6 Å². The van der Waals surface area contributed by atoms with Crippen molar-refractivity contribution in [2.45, 2.75) is 6.42 Å². The van der Waals surface area contributed by atoms with Crippen molar-refractivity contribution in [3.8, 4) is 11.1 Å². The Labute approximate surface area is 116 Å². The smallest absolute Gasteiger partial charge is 0.265 e. The van der Waals surface area contributed by atoms with Gasteiger partial charge in [-0.3, -0.25) is 10.0 Å². The Hall–Kier alpha value is -1.84. The highest BCUT2D eigenvalue weighted by atomic mass is 35.5. The molecule has 2 aromatic rings. The van der Waals surface area contributed by atoms with Crippen LogP contribution in [-0.2, 0) is 11.2 Å². The Balaban J connectivity index is 2.00. The Morgan fingerprint density at radius 2 is 1.89 bits per heavy atom. The summed E-state index contributed by atoms with van der Waals surface area (Å²) < 4.78 is 0. The van der Waals surface area contributed by atoms with Crippen molar-refractivity contribution < 1.29 is 10.0 Å². The minimum atomic E-state index is -0.530. The molecule has 0 unspecified atom stereocenters. The van der Waals surface area contributed by atoms with E-state index < -0.39 is 5.91 Å². The number of alkyl halides is 1. The number of carbonyl (C=O) groups is 1. The largest absolute Gasteiger partial charge is 0.281 e. The molecule has 0 bridgehead atoms. The maximum absolute atomic E-state index is 11.4. The molecule has 96 valence electrons. The van der Waals surface area contributed by atoms with E-state index in [-0.39, 0.29) is 5.88 Å². The summed E-state index contributed by atoms with van der Waals surface area (Å²) >= 11 is 5.44. The van der Waals surface area contributed by atoms with Gasteiger partial charge in [-0.15, -0.1) is 11.6 Å². The Morgan fingerprint density at radius 1 is 1.16 bits per heavy atom. The van der Waals surface area contributed by atoms with Gasteiger partial charge in [0.15, 0.2) is 0 Å². The number of amides is 1. The highest BCUT2D eigenvalue weighted by Crippen LogP contribution is 2.38. The van der Waals surface area contributed by atoms with Crippen LogP contribution in [0.5, 0.6) is 0 Å². The molecule has 3 nitrogen and oxygen atoms in total. The summed E-state index contributed by atoms with van der Waals surface area (Å²) in [5.74, 6) is -0.773. The standard InChI is InChI=1S/C15H12ClNO2/c16-9-15(18)17(19)12-5-6-14-11(8-12)7-10-3-1-2-4-13(10)14/h1-6,8,19H,7,9H2. The van der Waals surface area contributed by atoms with Crippen LogP contribution in [0.25, 0.3) is 11.1 Å².